The van der Waals surface area contributed by atoms with Crippen molar-refractivity contribution in [2.45, 2.75) is 110 Å². The average molecular weight is 659 g/mol. The molecule has 0 aliphatic carbocycles. The molecule has 2 aromatic rings. The van der Waals surface area contributed by atoms with Gasteiger partial charge in [0, 0.05) is 50.1 Å². The van der Waals surface area contributed by atoms with Gasteiger partial charge >= 0.3 is 12.1 Å². The summed E-state index contributed by atoms with van der Waals surface area (Å²) in [6.45, 7) is 8.95. The molecule has 5 rings (SSSR count). The molecule has 3 aliphatic heterocycles. The van der Waals surface area contributed by atoms with Gasteiger partial charge in [-0.3, -0.25) is 9.59 Å². The molecule has 0 radical (unpaired) electrons. The molecule has 2 saturated heterocycles. The van der Waals surface area contributed by atoms with Gasteiger partial charge in [0.25, 0.3) is 0 Å². The van der Waals surface area contributed by atoms with Crippen LogP contribution in [0.25, 0.3) is 0 Å². The zero-order chi connectivity index (χ0) is 34.0. The molecular formula is C38H54N6O4. The summed E-state index contributed by atoms with van der Waals surface area (Å²) >= 11 is 0. The van der Waals surface area contributed by atoms with Crippen LogP contribution in [0, 0.1) is 19.8 Å². The third-order valence-electron chi connectivity index (χ3n) is 10.4. The number of unbranched alkanes of at least 4 members (excludes halogenated alkanes) is 4. The molecule has 3 N–H and O–H groups in total. The largest absolute Gasteiger partial charge is 0.342 e. The molecule has 3 aliphatic rings. The van der Waals surface area contributed by atoms with Gasteiger partial charge < -0.3 is 30.7 Å². The van der Waals surface area contributed by atoms with Gasteiger partial charge in [-0.15, -0.1) is 0 Å². The number of carbonyl (C=O) groups is 4. The number of para-hydroxylation sites is 1. The van der Waals surface area contributed by atoms with Crippen molar-refractivity contribution in [3.05, 3.63) is 59.2 Å². The Hall–Kier alpha value is -4.08. The van der Waals surface area contributed by atoms with Crippen molar-refractivity contribution < 1.29 is 19.2 Å². The number of anilines is 2. The summed E-state index contributed by atoms with van der Waals surface area (Å²) in [5, 5.41) is 8.76. The van der Waals surface area contributed by atoms with E-state index in [4.69, 9.17) is 0 Å². The second kappa shape index (κ2) is 16.8. The number of aryl methyl sites for hydroxylation is 2. The molecule has 0 bridgehead atoms. The number of nitrogens with zero attached hydrogens (tertiary/aromatic N) is 3. The minimum absolute atomic E-state index is 0.0225. The maximum absolute atomic E-state index is 13.9. The van der Waals surface area contributed by atoms with Crippen LogP contribution in [-0.2, 0) is 16.1 Å². The lowest BCUT2D eigenvalue weighted by atomic mass is 9.90. The van der Waals surface area contributed by atoms with Gasteiger partial charge in [-0.05, 0) is 74.3 Å². The number of nitrogens with one attached hydrogen (secondary N) is 3. The molecule has 0 aromatic heterocycles. The van der Waals surface area contributed by atoms with Crippen molar-refractivity contribution in [1.29, 1.82) is 0 Å². The Bertz CT molecular complexity index is 1430. The van der Waals surface area contributed by atoms with Crippen molar-refractivity contribution in [3.63, 3.8) is 0 Å². The number of urea groups is 2. The smallest absolute Gasteiger partial charge is 0.322 e. The van der Waals surface area contributed by atoms with Gasteiger partial charge in [-0.25, -0.2) is 9.59 Å². The van der Waals surface area contributed by atoms with Crippen molar-refractivity contribution in [2.75, 3.05) is 36.8 Å². The summed E-state index contributed by atoms with van der Waals surface area (Å²) in [6, 6.07) is 12.1. The van der Waals surface area contributed by atoms with Gasteiger partial charge in [-0.1, -0.05) is 75.8 Å². The molecule has 10 nitrogen and oxygen atoms in total. The molecule has 1 atom stereocenters. The Balaban J connectivity index is 1.18. The number of piperidine rings is 2. The molecule has 3 heterocycles. The van der Waals surface area contributed by atoms with E-state index in [0.29, 0.717) is 57.2 Å². The van der Waals surface area contributed by atoms with Crippen molar-refractivity contribution in [3.8, 4) is 0 Å². The molecule has 0 spiro atoms. The Morgan fingerprint density at radius 1 is 0.896 bits per heavy atom. The van der Waals surface area contributed by atoms with Crippen LogP contribution in [0.5, 0.6) is 0 Å². The lowest BCUT2D eigenvalue weighted by Gasteiger charge is -2.41. The Kier molecular flexibility index (Phi) is 12.4. The molecule has 2 fully saturated rings. The fourth-order valence-electron chi connectivity index (χ4n) is 7.33. The summed E-state index contributed by atoms with van der Waals surface area (Å²) in [5.74, 6) is 0.265. The minimum Gasteiger partial charge on any atom is -0.342 e. The number of benzene rings is 2. The van der Waals surface area contributed by atoms with E-state index in [9.17, 15) is 19.2 Å². The summed E-state index contributed by atoms with van der Waals surface area (Å²) in [7, 11) is 0. The quantitative estimate of drug-likeness (QED) is 0.217. The third kappa shape index (κ3) is 9.29. The number of fused-ring (bicyclic) bond motifs is 1. The average Bonchev–Trinajstić information content (AvgIpc) is 3.09. The predicted octanol–water partition coefficient (Wildman–Crippen LogP) is 6.82. The zero-order valence-corrected chi connectivity index (χ0v) is 29.1. The number of hydrogen-bond donors (Lipinski definition) is 3. The summed E-state index contributed by atoms with van der Waals surface area (Å²) in [5.41, 5.74) is 4.54. The molecule has 260 valence electrons. The Labute approximate surface area is 286 Å². The van der Waals surface area contributed by atoms with Gasteiger partial charge in [0.2, 0.25) is 11.8 Å². The van der Waals surface area contributed by atoms with Crippen molar-refractivity contribution in [1.82, 2.24) is 20.0 Å². The molecule has 48 heavy (non-hydrogen) atoms. The first kappa shape index (κ1) is 35.2. The first-order valence-electron chi connectivity index (χ1n) is 18.1. The Morgan fingerprint density at radius 2 is 1.60 bits per heavy atom. The van der Waals surface area contributed by atoms with Crippen LogP contribution in [0.2, 0.25) is 0 Å². The Morgan fingerprint density at radius 3 is 2.35 bits per heavy atom. The van der Waals surface area contributed by atoms with E-state index in [0.717, 1.165) is 35.2 Å². The van der Waals surface area contributed by atoms with Crippen molar-refractivity contribution >= 4 is 35.3 Å². The van der Waals surface area contributed by atoms with E-state index in [-0.39, 0.29) is 30.3 Å². The van der Waals surface area contributed by atoms with E-state index in [1.807, 2.05) is 66.1 Å². The van der Waals surface area contributed by atoms with Crippen LogP contribution in [-0.4, -0.2) is 76.8 Å². The highest BCUT2D eigenvalue weighted by molar-refractivity contribution is 5.96. The molecule has 10 heteroatoms. The fraction of sp³-hybridized carbons (Fsp3) is 0.579. The first-order valence-corrected chi connectivity index (χ1v) is 18.1. The molecule has 0 saturated carbocycles. The van der Waals surface area contributed by atoms with E-state index < -0.39 is 12.1 Å². The van der Waals surface area contributed by atoms with Crippen LogP contribution in [0.1, 0.15) is 94.2 Å². The lowest BCUT2D eigenvalue weighted by molar-refractivity contribution is -0.140. The monoisotopic (exact) mass is 658 g/mol. The van der Waals surface area contributed by atoms with E-state index >= 15 is 0 Å². The first-order chi connectivity index (χ1) is 23.2. The van der Waals surface area contributed by atoms with Crippen LogP contribution in [0.3, 0.4) is 0 Å². The van der Waals surface area contributed by atoms with Gasteiger partial charge in [0.1, 0.15) is 6.04 Å². The molecule has 2 aromatic carbocycles. The zero-order valence-electron chi connectivity index (χ0n) is 29.1. The highest BCUT2D eigenvalue weighted by Crippen LogP contribution is 2.28. The van der Waals surface area contributed by atoms with Crippen molar-refractivity contribution in [2.24, 2.45) is 5.92 Å². The highest BCUT2D eigenvalue weighted by Gasteiger charge is 2.35. The van der Waals surface area contributed by atoms with Gasteiger partial charge in [0.15, 0.2) is 0 Å². The summed E-state index contributed by atoms with van der Waals surface area (Å²) in [4.78, 5) is 59.2. The number of amides is 6. The van der Waals surface area contributed by atoms with E-state index in [1.54, 1.807) is 4.90 Å². The SMILES string of the molecule is CCCCCCCC1CCN(C(=O)C(CC(=O)N2CCC(N3Cc4ccccc4NC3=O)CC2)NC(=O)Nc2cc(C)ccc2C)CC1. The number of likely N-dealkylation sites (tertiary alicyclic amines) is 2. The molecule has 6 amide bonds. The molecular weight excluding hydrogens is 604 g/mol. The van der Waals surface area contributed by atoms with Gasteiger partial charge in [-0.2, -0.15) is 0 Å². The van der Waals surface area contributed by atoms with Crippen LogP contribution in [0.4, 0.5) is 21.0 Å². The topological polar surface area (TPSA) is 114 Å². The predicted molar refractivity (Wildman–Crippen MR) is 190 cm³/mol. The summed E-state index contributed by atoms with van der Waals surface area (Å²) in [6.07, 6.45) is 10.7. The number of carbonyl (C=O) groups excluding carboxylic acids is 4. The van der Waals surface area contributed by atoms with E-state index in [1.165, 1.54) is 38.5 Å². The van der Waals surface area contributed by atoms with Gasteiger partial charge in [0.05, 0.1) is 6.42 Å². The summed E-state index contributed by atoms with van der Waals surface area (Å²) < 4.78 is 0. The standard InChI is InChI=1S/C38H54N6O4/c1-4-5-6-7-8-11-29-16-20-43(21-17-29)36(46)34(40-37(47)39-33-24-27(2)14-15-28(33)3)25-35(45)42-22-18-31(19-23-42)44-26-30-12-9-10-13-32(30)41-38(44)48/h9-10,12-15,24,29,31,34H,4-8,11,16-23,25-26H2,1-3H3,(H,41,48)(H2,39,40,47). The number of rotatable bonds is 12. The minimum atomic E-state index is -0.963. The number of hydrogen-bond acceptors (Lipinski definition) is 4. The maximum Gasteiger partial charge on any atom is 0.322 e. The normalized spacial score (nSPS) is 17.8. The lowest BCUT2D eigenvalue weighted by Crippen LogP contribution is -2.55. The fourth-order valence-corrected chi connectivity index (χ4v) is 7.33. The second-order valence-corrected chi connectivity index (χ2v) is 14.0. The maximum atomic E-state index is 13.9. The second-order valence-electron chi connectivity index (χ2n) is 14.0. The van der Waals surface area contributed by atoms with Crippen LogP contribution in [0.15, 0.2) is 42.5 Å². The highest BCUT2D eigenvalue weighted by atomic mass is 16.2. The van der Waals surface area contributed by atoms with Crippen LogP contribution >= 0.6 is 0 Å². The van der Waals surface area contributed by atoms with E-state index in [2.05, 4.69) is 22.9 Å². The molecule has 1 unspecified atom stereocenters. The van der Waals surface area contributed by atoms with Crippen LogP contribution < -0.4 is 16.0 Å². The third-order valence-corrected chi connectivity index (χ3v) is 10.4.